The molecule has 0 aromatic rings. The summed E-state index contributed by atoms with van der Waals surface area (Å²) in [7, 11) is 4.73. The number of likely N-dealkylation sites (N-methyl/N-ethyl adjacent to an activating group) is 2. The van der Waals surface area contributed by atoms with Crippen LogP contribution in [0.15, 0.2) is 0 Å². The fourth-order valence-corrected chi connectivity index (χ4v) is 0.533. The molecule has 60 valence electrons. The molecule has 0 bridgehead atoms. The first kappa shape index (κ1) is 9.39. The number of carbonyl (C=O) groups excluding carboxylic acids is 1. The highest BCUT2D eigenvalue weighted by molar-refractivity contribution is 5.79. The lowest BCUT2D eigenvalue weighted by Crippen LogP contribution is -2.58. The van der Waals surface area contributed by atoms with E-state index in [2.05, 4.69) is 15.4 Å². The summed E-state index contributed by atoms with van der Waals surface area (Å²) in [5.74, 6) is -0.322. The molecule has 0 aliphatic heterocycles. The predicted molar refractivity (Wildman–Crippen MR) is 38.5 cm³/mol. The lowest BCUT2D eigenvalue weighted by Gasteiger charge is -2.24. The van der Waals surface area contributed by atoms with E-state index in [-0.39, 0.29) is 5.97 Å². The maximum absolute atomic E-state index is 10.9. The smallest absolute Gasteiger partial charge is 0.340 e. The third-order valence-corrected chi connectivity index (χ3v) is 1.59. The van der Waals surface area contributed by atoms with E-state index in [9.17, 15) is 4.79 Å². The van der Waals surface area contributed by atoms with Crippen LogP contribution >= 0.6 is 0 Å². The minimum atomic E-state index is -0.769. The molecule has 0 rings (SSSR count). The molecule has 0 amide bonds. The summed E-state index contributed by atoms with van der Waals surface area (Å²) in [6.45, 7) is 1.71. The maximum atomic E-state index is 10.9. The summed E-state index contributed by atoms with van der Waals surface area (Å²) in [5.41, 5.74) is -0.769. The maximum Gasteiger partial charge on any atom is 0.340 e. The first-order valence-electron chi connectivity index (χ1n) is 3.07. The summed E-state index contributed by atoms with van der Waals surface area (Å²) in [6, 6.07) is 0. The number of ether oxygens (including phenoxy) is 1. The van der Waals surface area contributed by atoms with Gasteiger partial charge in [0, 0.05) is 0 Å². The average Bonchev–Trinajstić information content (AvgIpc) is 2.01. The van der Waals surface area contributed by atoms with Crippen molar-refractivity contribution in [1.29, 1.82) is 0 Å². The fourth-order valence-electron chi connectivity index (χ4n) is 0.533. The molecule has 4 heteroatoms. The minimum absolute atomic E-state index is 0.322. The number of methoxy groups -OCH3 is 1. The summed E-state index contributed by atoms with van der Waals surface area (Å²) in [4.78, 5) is 10.9. The van der Waals surface area contributed by atoms with Gasteiger partial charge in [0.15, 0.2) is 5.66 Å². The molecule has 2 N–H and O–H groups in total. The zero-order valence-electron chi connectivity index (χ0n) is 6.82. The Morgan fingerprint density at radius 2 is 1.80 bits per heavy atom. The van der Waals surface area contributed by atoms with Gasteiger partial charge in [0.05, 0.1) is 7.11 Å². The van der Waals surface area contributed by atoms with Gasteiger partial charge in [-0.3, -0.25) is 10.6 Å². The van der Waals surface area contributed by atoms with Gasteiger partial charge in [-0.15, -0.1) is 0 Å². The van der Waals surface area contributed by atoms with Crippen molar-refractivity contribution in [2.24, 2.45) is 0 Å². The summed E-state index contributed by atoms with van der Waals surface area (Å²) < 4.78 is 4.53. The van der Waals surface area contributed by atoms with Crippen molar-refractivity contribution >= 4 is 5.97 Å². The van der Waals surface area contributed by atoms with E-state index < -0.39 is 5.66 Å². The van der Waals surface area contributed by atoms with Crippen molar-refractivity contribution in [3.63, 3.8) is 0 Å². The molecule has 0 aliphatic rings. The third-order valence-electron chi connectivity index (χ3n) is 1.59. The summed E-state index contributed by atoms with van der Waals surface area (Å²) in [6.07, 6.45) is 0. The number of hydrogen-bond acceptors (Lipinski definition) is 4. The summed E-state index contributed by atoms with van der Waals surface area (Å²) in [5, 5.41) is 5.59. The first-order valence-corrected chi connectivity index (χ1v) is 3.07. The Morgan fingerprint density at radius 3 is 1.90 bits per heavy atom. The molecular formula is C6H14N2O2. The van der Waals surface area contributed by atoms with Gasteiger partial charge in [0.1, 0.15) is 0 Å². The van der Waals surface area contributed by atoms with Gasteiger partial charge >= 0.3 is 5.97 Å². The molecule has 0 aliphatic carbocycles. The van der Waals surface area contributed by atoms with Crippen LogP contribution in [-0.2, 0) is 9.53 Å². The lowest BCUT2D eigenvalue weighted by atomic mass is 10.2. The second-order valence-electron chi connectivity index (χ2n) is 2.12. The SMILES string of the molecule is CNC(C)(NC)C(=O)OC. The minimum Gasteiger partial charge on any atom is -0.467 e. The van der Waals surface area contributed by atoms with E-state index in [0.717, 1.165) is 0 Å². The molecular weight excluding hydrogens is 132 g/mol. The standard InChI is InChI=1S/C6H14N2O2/c1-6(7-2,8-3)5(9)10-4/h7-8H,1-4H3. The highest BCUT2D eigenvalue weighted by Crippen LogP contribution is 1.97. The Morgan fingerprint density at radius 1 is 1.40 bits per heavy atom. The van der Waals surface area contributed by atoms with Crippen LogP contribution in [0, 0.1) is 0 Å². The van der Waals surface area contributed by atoms with Crippen LogP contribution in [0.5, 0.6) is 0 Å². The van der Waals surface area contributed by atoms with E-state index in [0.29, 0.717) is 0 Å². The van der Waals surface area contributed by atoms with Gasteiger partial charge < -0.3 is 4.74 Å². The molecule has 4 nitrogen and oxygen atoms in total. The number of esters is 1. The highest BCUT2D eigenvalue weighted by atomic mass is 16.5. The Labute approximate surface area is 60.9 Å². The molecule has 0 fully saturated rings. The zero-order chi connectivity index (χ0) is 8.20. The average molecular weight is 146 g/mol. The van der Waals surface area contributed by atoms with Gasteiger partial charge in [-0.1, -0.05) is 0 Å². The van der Waals surface area contributed by atoms with E-state index in [1.54, 1.807) is 21.0 Å². The quantitative estimate of drug-likeness (QED) is 0.409. The largest absolute Gasteiger partial charge is 0.467 e. The second-order valence-corrected chi connectivity index (χ2v) is 2.12. The van der Waals surface area contributed by atoms with Crippen LogP contribution in [0.4, 0.5) is 0 Å². The normalized spacial score (nSPS) is 11.2. The number of hydrogen-bond donors (Lipinski definition) is 2. The third kappa shape index (κ3) is 1.68. The molecule has 0 radical (unpaired) electrons. The van der Waals surface area contributed by atoms with Gasteiger partial charge in [-0.05, 0) is 21.0 Å². The predicted octanol–water partition coefficient (Wildman–Crippen LogP) is -0.686. The monoisotopic (exact) mass is 146 g/mol. The molecule has 0 unspecified atom stereocenters. The molecule has 0 aromatic heterocycles. The van der Waals surface area contributed by atoms with Crippen LogP contribution in [0.1, 0.15) is 6.92 Å². The van der Waals surface area contributed by atoms with Crippen LogP contribution in [0.25, 0.3) is 0 Å². The van der Waals surface area contributed by atoms with Crippen molar-refractivity contribution in [3.8, 4) is 0 Å². The second kappa shape index (κ2) is 3.53. The fraction of sp³-hybridized carbons (Fsp3) is 0.833. The van der Waals surface area contributed by atoms with Crippen LogP contribution in [0.2, 0.25) is 0 Å². The first-order chi connectivity index (χ1) is 4.60. The topological polar surface area (TPSA) is 50.4 Å². The van der Waals surface area contributed by atoms with E-state index in [4.69, 9.17) is 0 Å². The Bertz CT molecular complexity index is 121. The number of rotatable bonds is 3. The van der Waals surface area contributed by atoms with Crippen molar-refractivity contribution < 1.29 is 9.53 Å². The number of carbonyl (C=O) groups is 1. The Balaban J connectivity index is 4.17. The molecule has 10 heavy (non-hydrogen) atoms. The van der Waals surface area contributed by atoms with Crippen molar-refractivity contribution in [3.05, 3.63) is 0 Å². The van der Waals surface area contributed by atoms with Crippen molar-refractivity contribution in [2.45, 2.75) is 12.6 Å². The Kier molecular flexibility index (Phi) is 3.32. The van der Waals surface area contributed by atoms with Crippen LogP contribution < -0.4 is 10.6 Å². The molecule has 0 spiro atoms. The van der Waals surface area contributed by atoms with Crippen LogP contribution in [-0.4, -0.2) is 32.8 Å². The molecule has 0 saturated carbocycles. The molecule has 0 heterocycles. The molecule has 0 saturated heterocycles. The summed E-state index contributed by atoms with van der Waals surface area (Å²) >= 11 is 0. The lowest BCUT2D eigenvalue weighted by molar-refractivity contribution is -0.148. The molecule has 0 atom stereocenters. The van der Waals surface area contributed by atoms with Crippen LogP contribution in [0.3, 0.4) is 0 Å². The van der Waals surface area contributed by atoms with E-state index in [1.165, 1.54) is 7.11 Å². The van der Waals surface area contributed by atoms with E-state index >= 15 is 0 Å². The zero-order valence-corrected chi connectivity index (χ0v) is 6.82. The van der Waals surface area contributed by atoms with E-state index in [1.807, 2.05) is 0 Å². The molecule has 0 aromatic carbocycles. The van der Waals surface area contributed by atoms with Gasteiger partial charge in [-0.25, -0.2) is 4.79 Å². The van der Waals surface area contributed by atoms with Crippen molar-refractivity contribution in [2.75, 3.05) is 21.2 Å². The highest BCUT2D eigenvalue weighted by Gasteiger charge is 2.29. The van der Waals surface area contributed by atoms with Gasteiger partial charge in [0.25, 0.3) is 0 Å². The number of nitrogens with one attached hydrogen (secondary N) is 2. The van der Waals surface area contributed by atoms with Gasteiger partial charge in [0.2, 0.25) is 0 Å². The van der Waals surface area contributed by atoms with Crippen molar-refractivity contribution in [1.82, 2.24) is 10.6 Å². The van der Waals surface area contributed by atoms with Gasteiger partial charge in [-0.2, -0.15) is 0 Å². The Hall–Kier alpha value is -0.610.